The zero-order valence-corrected chi connectivity index (χ0v) is 12.4. The monoisotopic (exact) mass is 305 g/mol. The number of hydrogen-bond acceptors (Lipinski definition) is 2. The molecule has 1 heterocycles. The second-order valence-corrected chi connectivity index (χ2v) is 5.18. The Hall–Kier alpha value is -2.76. The summed E-state index contributed by atoms with van der Waals surface area (Å²) in [6, 6.07) is 23.0. The zero-order chi connectivity index (χ0) is 15.4. The van der Waals surface area contributed by atoms with E-state index in [2.05, 4.69) is 6.07 Å². The molecule has 1 aromatic heterocycles. The van der Waals surface area contributed by atoms with Crippen LogP contribution in [0.4, 0.5) is 0 Å². The lowest BCUT2D eigenvalue weighted by atomic mass is 10.1. The number of rotatable bonds is 3. The van der Waals surface area contributed by atoms with Gasteiger partial charge in [0.05, 0.1) is 11.6 Å². The summed E-state index contributed by atoms with van der Waals surface area (Å²) in [5, 5.41) is 9.98. The first-order valence-corrected chi connectivity index (χ1v) is 7.17. The molecule has 0 atom stereocenters. The first-order valence-electron chi connectivity index (χ1n) is 6.79. The van der Waals surface area contributed by atoms with Crippen LogP contribution in [-0.4, -0.2) is 0 Å². The molecule has 0 N–H and O–H groups in total. The Kier molecular flexibility index (Phi) is 4.09. The van der Waals surface area contributed by atoms with Crippen molar-refractivity contribution in [3.63, 3.8) is 0 Å². The van der Waals surface area contributed by atoms with Crippen molar-refractivity contribution in [3.05, 3.63) is 83.1 Å². The molecule has 0 aliphatic carbocycles. The average molecular weight is 306 g/mol. The van der Waals surface area contributed by atoms with Crippen molar-refractivity contribution in [1.82, 2.24) is 0 Å². The van der Waals surface area contributed by atoms with Crippen LogP contribution in [0.3, 0.4) is 0 Å². The van der Waals surface area contributed by atoms with E-state index in [1.54, 1.807) is 18.2 Å². The molecule has 106 valence electrons. The molecule has 0 amide bonds. The highest BCUT2D eigenvalue weighted by molar-refractivity contribution is 6.30. The largest absolute Gasteiger partial charge is 0.457 e. The summed E-state index contributed by atoms with van der Waals surface area (Å²) in [4.78, 5) is 0. The van der Waals surface area contributed by atoms with Gasteiger partial charge in [0.2, 0.25) is 0 Å². The van der Waals surface area contributed by atoms with Crippen molar-refractivity contribution in [2.24, 2.45) is 0 Å². The fourth-order valence-electron chi connectivity index (χ4n) is 2.14. The van der Waals surface area contributed by atoms with Crippen molar-refractivity contribution < 1.29 is 4.42 Å². The maximum Gasteiger partial charge on any atom is 0.134 e. The Morgan fingerprint density at radius 2 is 1.68 bits per heavy atom. The molecule has 2 aromatic carbocycles. The highest BCUT2D eigenvalue weighted by atomic mass is 35.5. The van der Waals surface area contributed by atoms with Crippen LogP contribution in [-0.2, 0) is 0 Å². The molecule has 0 saturated carbocycles. The number of halogens is 1. The van der Waals surface area contributed by atoms with Gasteiger partial charge in [0.1, 0.15) is 11.5 Å². The van der Waals surface area contributed by atoms with Crippen LogP contribution in [0.15, 0.2) is 71.1 Å². The Bertz CT molecular complexity index is 839. The lowest BCUT2D eigenvalue weighted by molar-refractivity contribution is 0.572. The first kappa shape index (κ1) is 14.2. The highest BCUT2D eigenvalue weighted by Gasteiger charge is 2.06. The molecule has 3 heteroatoms. The second-order valence-electron chi connectivity index (χ2n) is 4.74. The predicted octanol–water partition coefficient (Wildman–Crippen LogP) is 5.66. The fourth-order valence-corrected chi connectivity index (χ4v) is 2.27. The molecule has 2 nitrogen and oxygen atoms in total. The van der Waals surface area contributed by atoms with Crippen LogP contribution in [0.5, 0.6) is 0 Å². The molecule has 3 rings (SSSR count). The zero-order valence-electron chi connectivity index (χ0n) is 11.7. The molecule has 0 spiro atoms. The summed E-state index contributed by atoms with van der Waals surface area (Å²) in [6.45, 7) is 0. The van der Waals surface area contributed by atoms with Crippen LogP contribution in [0.25, 0.3) is 23.0 Å². The number of furan rings is 1. The summed E-state index contributed by atoms with van der Waals surface area (Å²) < 4.78 is 5.79. The van der Waals surface area contributed by atoms with Crippen LogP contribution < -0.4 is 0 Å². The quantitative estimate of drug-likeness (QED) is 0.585. The van der Waals surface area contributed by atoms with Gasteiger partial charge in [-0.05, 0) is 35.9 Å². The summed E-state index contributed by atoms with van der Waals surface area (Å²) in [7, 11) is 0. The standard InChI is InChI=1S/C19H12ClNO/c20-17-8-6-14(7-9-17)16(13-21)12-18-10-11-19(22-18)15-4-2-1-3-5-15/h1-12H/b16-12+. The Morgan fingerprint density at radius 1 is 0.955 bits per heavy atom. The molecule has 0 radical (unpaired) electrons. The van der Waals surface area contributed by atoms with E-state index in [1.807, 2.05) is 54.6 Å². The SMILES string of the molecule is N#C/C(=C\c1ccc(-c2ccccc2)o1)c1ccc(Cl)cc1. The Labute approximate surface area is 133 Å². The smallest absolute Gasteiger partial charge is 0.134 e. The van der Waals surface area contributed by atoms with Crippen molar-refractivity contribution in [3.8, 4) is 17.4 Å². The van der Waals surface area contributed by atoms with Crippen molar-refractivity contribution in [2.45, 2.75) is 0 Å². The number of hydrogen-bond donors (Lipinski definition) is 0. The highest BCUT2D eigenvalue weighted by Crippen LogP contribution is 2.25. The maximum absolute atomic E-state index is 9.34. The average Bonchev–Trinajstić information content (AvgIpc) is 3.03. The minimum absolute atomic E-state index is 0.533. The Balaban J connectivity index is 1.92. The molecular formula is C19H12ClNO. The summed E-state index contributed by atoms with van der Waals surface area (Å²) in [5.74, 6) is 1.42. The first-order chi connectivity index (χ1) is 10.8. The third kappa shape index (κ3) is 3.11. The lowest BCUT2D eigenvalue weighted by Crippen LogP contribution is -1.80. The van der Waals surface area contributed by atoms with Gasteiger partial charge in [-0.1, -0.05) is 54.1 Å². The van der Waals surface area contributed by atoms with Gasteiger partial charge < -0.3 is 4.42 Å². The molecule has 0 saturated heterocycles. The van der Waals surface area contributed by atoms with Gasteiger partial charge in [-0.3, -0.25) is 0 Å². The summed E-state index contributed by atoms with van der Waals surface area (Å²) >= 11 is 5.87. The lowest BCUT2D eigenvalue weighted by Gasteiger charge is -1.99. The second kappa shape index (κ2) is 6.34. The van der Waals surface area contributed by atoms with Gasteiger partial charge in [0.25, 0.3) is 0 Å². The number of nitriles is 1. The maximum atomic E-state index is 9.34. The molecular weight excluding hydrogens is 294 g/mol. The molecule has 3 aromatic rings. The Morgan fingerprint density at radius 3 is 2.36 bits per heavy atom. The third-order valence-corrected chi connectivity index (χ3v) is 3.50. The minimum atomic E-state index is 0.533. The third-order valence-electron chi connectivity index (χ3n) is 3.25. The van der Waals surface area contributed by atoms with Gasteiger partial charge in [0, 0.05) is 10.6 Å². The molecule has 0 aliphatic rings. The number of allylic oxidation sites excluding steroid dienone is 1. The van der Waals surface area contributed by atoms with Crippen LogP contribution in [0, 0.1) is 11.3 Å². The van der Waals surface area contributed by atoms with E-state index in [1.165, 1.54) is 0 Å². The van der Waals surface area contributed by atoms with E-state index in [4.69, 9.17) is 16.0 Å². The van der Waals surface area contributed by atoms with Gasteiger partial charge in [-0.25, -0.2) is 0 Å². The fraction of sp³-hybridized carbons (Fsp3) is 0. The predicted molar refractivity (Wildman–Crippen MR) is 89.1 cm³/mol. The van der Waals surface area contributed by atoms with E-state index in [0.29, 0.717) is 16.4 Å². The van der Waals surface area contributed by atoms with Gasteiger partial charge in [-0.15, -0.1) is 0 Å². The van der Waals surface area contributed by atoms with E-state index in [9.17, 15) is 5.26 Å². The summed E-state index contributed by atoms with van der Waals surface area (Å²) in [6.07, 6.45) is 1.73. The molecule has 0 bridgehead atoms. The molecule has 0 fully saturated rings. The van der Waals surface area contributed by atoms with Crippen LogP contribution >= 0.6 is 11.6 Å². The van der Waals surface area contributed by atoms with Crippen molar-refractivity contribution in [2.75, 3.05) is 0 Å². The van der Waals surface area contributed by atoms with E-state index in [-0.39, 0.29) is 0 Å². The number of benzene rings is 2. The van der Waals surface area contributed by atoms with E-state index >= 15 is 0 Å². The molecule has 0 aliphatic heterocycles. The van der Waals surface area contributed by atoms with E-state index < -0.39 is 0 Å². The van der Waals surface area contributed by atoms with Gasteiger partial charge in [0.15, 0.2) is 0 Å². The van der Waals surface area contributed by atoms with Crippen LogP contribution in [0.1, 0.15) is 11.3 Å². The molecule has 0 unspecified atom stereocenters. The van der Waals surface area contributed by atoms with Gasteiger partial charge in [-0.2, -0.15) is 5.26 Å². The normalized spacial score (nSPS) is 11.2. The van der Waals surface area contributed by atoms with Crippen LogP contribution in [0.2, 0.25) is 5.02 Å². The van der Waals surface area contributed by atoms with Crippen molar-refractivity contribution >= 4 is 23.3 Å². The minimum Gasteiger partial charge on any atom is -0.457 e. The summed E-state index contributed by atoms with van der Waals surface area (Å²) in [5.41, 5.74) is 2.35. The number of nitrogens with zero attached hydrogens (tertiary/aromatic N) is 1. The van der Waals surface area contributed by atoms with E-state index in [0.717, 1.165) is 16.9 Å². The van der Waals surface area contributed by atoms with Crippen molar-refractivity contribution in [1.29, 1.82) is 5.26 Å². The van der Waals surface area contributed by atoms with Gasteiger partial charge >= 0.3 is 0 Å². The molecule has 22 heavy (non-hydrogen) atoms. The topological polar surface area (TPSA) is 36.9 Å².